The molecule has 3 amide bonds. The highest BCUT2D eigenvalue weighted by molar-refractivity contribution is 7.15. The number of hydrogen-bond donors (Lipinski definition) is 1. The molecular weight excluding hydrogens is 466 g/mol. The third-order valence-corrected chi connectivity index (χ3v) is 8.24. The number of benzene rings is 1. The van der Waals surface area contributed by atoms with E-state index in [4.69, 9.17) is 4.74 Å². The van der Waals surface area contributed by atoms with E-state index < -0.39 is 12.0 Å². The average molecular weight is 498 g/mol. The number of urea groups is 1. The minimum atomic E-state index is -0.753. The monoisotopic (exact) mass is 497 g/mol. The molecule has 0 saturated carbocycles. The summed E-state index contributed by atoms with van der Waals surface area (Å²) in [7, 11) is 1.32. The summed E-state index contributed by atoms with van der Waals surface area (Å²) in [6.45, 7) is 3.97. The van der Waals surface area contributed by atoms with Gasteiger partial charge in [0.25, 0.3) is 5.91 Å². The van der Waals surface area contributed by atoms with Crippen LogP contribution in [0.25, 0.3) is 0 Å². The van der Waals surface area contributed by atoms with Gasteiger partial charge >= 0.3 is 12.0 Å². The Bertz CT molecular complexity index is 1090. The van der Waals surface area contributed by atoms with Crippen molar-refractivity contribution in [1.29, 1.82) is 0 Å². The molecule has 1 N–H and O–H groups in total. The Morgan fingerprint density at radius 3 is 2.20 bits per heavy atom. The number of ketones is 1. The Morgan fingerprint density at radius 1 is 0.971 bits per heavy atom. The predicted molar refractivity (Wildman–Crippen MR) is 133 cm³/mol. The fourth-order valence-electron chi connectivity index (χ4n) is 4.92. The summed E-state index contributed by atoms with van der Waals surface area (Å²) < 4.78 is 4.92. The third kappa shape index (κ3) is 5.73. The molecule has 1 aromatic heterocycles. The largest absolute Gasteiger partial charge is 0.467 e. The summed E-state index contributed by atoms with van der Waals surface area (Å²) in [5.41, 5.74) is 0.924. The van der Waals surface area contributed by atoms with Gasteiger partial charge in [-0.2, -0.15) is 0 Å². The number of nitrogens with one attached hydrogen (secondary N) is 1. The molecule has 8 nitrogen and oxygen atoms in total. The zero-order valence-corrected chi connectivity index (χ0v) is 20.9. The molecule has 2 aliphatic heterocycles. The Balaban J connectivity index is 1.32. The lowest BCUT2D eigenvalue weighted by atomic mass is 9.78. The maximum Gasteiger partial charge on any atom is 0.328 e. The molecule has 0 radical (unpaired) electrons. The number of carbonyl (C=O) groups excluding carboxylic acids is 4. The van der Waals surface area contributed by atoms with Gasteiger partial charge < -0.3 is 19.9 Å². The zero-order valence-electron chi connectivity index (χ0n) is 20.1. The first-order valence-electron chi connectivity index (χ1n) is 11.9. The molecule has 0 unspecified atom stereocenters. The Morgan fingerprint density at radius 2 is 1.60 bits per heavy atom. The highest BCUT2D eigenvalue weighted by atomic mass is 32.1. The van der Waals surface area contributed by atoms with E-state index in [1.807, 2.05) is 35.2 Å². The minimum absolute atomic E-state index is 0.0195. The first kappa shape index (κ1) is 24.9. The molecule has 1 spiro atoms. The van der Waals surface area contributed by atoms with Gasteiger partial charge in [0.05, 0.1) is 16.9 Å². The van der Waals surface area contributed by atoms with E-state index in [0.29, 0.717) is 42.4 Å². The van der Waals surface area contributed by atoms with Crippen molar-refractivity contribution in [3.8, 4) is 0 Å². The molecule has 0 aliphatic carbocycles. The molecule has 35 heavy (non-hydrogen) atoms. The van der Waals surface area contributed by atoms with Crippen LogP contribution >= 0.6 is 11.3 Å². The molecule has 1 atom stereocenters. The van der Waals surface area contributed by atoms with Gasteiger partial charge in [-0.1, -0.05) is 30.3 Å². The number of rotatable bonds is 6. The maximum atomic E-state index is 13.0. The predicted octanol–water partition coefficient (Wildman–Crippen LogP) is 3.37. The van der Waals surface area contributed by atoms with Crippen LogP contribution in [0.5, 0.6) is 0 Å². The Hall–Kier alpha value is -3.20. The van der Waals surface area contributed by atoms with Crippen LogP contribution in [0, 0.1) is 5.41 Å². The quantitative estimate of drug-likeness (QED) is 0.488. The van der Waals surface area contributed by atoms with Gasteiger partial charge in [0.2, 0.25) is 0 Å². The number of amides is 3. The molecule has 4 rings (SSSR count). The van der Waals surface area contributed by atoms with Crippen molar-refractivity contribution in [3.05, 3.63) is 57.8 Å². The van der Waals surface area contributed by atoms with Crippen LogP contribution in [0.4, 0.5) is 4.79 Å². The van der Waals surface area contributed by atoms with Crippen LogP contribution < -0.4 is 5.32 Å². The van der Waals surface area contributed by atoms with Crippen molar-refractivity contribution in [1.82, 2.24) is 15.1 Å². The number of Topliss-reactive ketones (excluding diaryl/α,β-unsaturated/α-hetero) is 1. The lowest BCUT2D eigenvalue weighted by molar-refractivity contribution is -0.142. The second-order valence-corrected chi connectivity index (χ2v) is 10.5. The van der Waals surface area contributed by atoms with Gasteiger partial charge in [-0.25, -0.2) is 9.59 Å². The molecule has 2 saturated heterocycles. The molecule has 0 bridgehead atoms. The summed E-state index contributed by atoms with van der Waals surface area (Å²) in [5, 5.41) is 2.86. The fraction of sp³-hybridized carbons (Fsp3) is 0.462. The van der Waals surface area contributed by atoms with E-state index in [1.54, 1.807) is 17.0 Å². The molecule has 1 aromatic carbocycles. The molecule has 2 aromatic rings. The second-order valence-electron chi connectivity index (χ2n) is 9.40. The molecular formula is C26H31N3O5S. The van der Waals surface area contributed by atoms with Crippen molar-refractivity contribution in [2.45, 2.75) is 38.6 Å². The van der Waals surface area contributed by atoms with Crippen molar-refractivity contribution in [2.24, 2.45) is 5.41 Å². The van der Waals surface area contributed by atoms with E-state index in [9.17, 15) is 19.2 Å². The first-order chi connectivity index (χ1) is 16.8. The number of thiophene rings is 1. The molecule has 2 fully saturated rings. The first-order valence-corrected chi connectivity index (χ1v) is 12.7. The van der Waals surface area contributed by atoms with Crippen LogP contribution in [0.3, 0.4) is 0 Å². The van der Waals surface area contributed by atoms with E-state index in [-0.39, 0.29) is 23.1 Å². The van der Waals surface area contributed by atoms with Crippen molar-refractivity contribution < 1.29 is 23.9 Å². The molecule has 9 heteroatoms. The van der Waals surface area contributed by atoms with Crippen LogP contribution in [-0.4, -0.2) is 72.8 Å². The van der Waals surface area contributed by atoms with E-state index in [0.717, 1.165) is 24.8 Å². The van der Waals surface area contributed by atoms with Gasteiger partial charge in [-0.15, -0.1) is 11.3 Å². The third-order valence-electron chi connectivity index (χ3n) is 7.07. The molecule has 3 heterocycles. The van der Waals surface area contributed by atoms with Crippen molar-refractivity contribution in [2.75, 3.05) is 33.3 Å². The van der Waals surface area contributed by atoms with E-state index >= 15 is 0 Å². The summed E-state index contributed by atoms with van der Waals surface area (Å²) in [4.78, 5) is 54.6. The summed E-state index contributed by atoms with van der Waals surface area (Å²) >= 11 is 1.24. The summed E-state index contributed by atoms with van der Waals surface area (Å²) in [5.74, 6) is -0.537. The smallest absolute Gasteiger partial charge is 0.328 e. The lowest BCUT2D eigenvalue weighted by Crippen LogP contribution is -2.50. The van der Waals surface area contributed by atoms with Crippen LogP contribution in [-0.2, 0) is 16.0 Å². The van der Waals surface area contributed by atoms with Gasteiger partial charge in [-0.3, -0.25) is 9.59 Å². The van der Waals surface area contributed by atoms with Gasteiger partial charge in [0, 0.05) is 32.6 Å². The number of esters is 1. The van der Waals surface area contributed by atoms with E-state index in [1.165, 1.54) is 25.4 Å². The van der Waals surface area contributed by atoms with Crippen LogP contribution in [0.2, 0.25) is 0 Å². The second kappa shape index (κ2) is 10.6. The molecule has 186 valence electrons. The number of nitrogens with zero attached hydrogens (tertiary/aromatic N) is 2. The lowest BCUT2D eigenvalue weighted by Gasteiger charge is -2.39. The number of ether oxygens (including phenoxy) is 1. The summed E-state index contributed by atoms with van der Waals surface area (Å²) in [6, 6.07) is 11.9. The number of likely N-dealkylation sites (tertiary alicyclic amines) is 2. The van der Waals surface area contributed by atoms with Gasteiger partial charge in [0.1, 0.15) is 6.04 Å². The summed E-state index contributed by atoms with van der Waals surface area (Å²) in [6.07, 6.45) is 2.87. The highest BCUT2D eigenvalue weighted by Crippen LogP contribution is 2.40. The van der Waals surface area contributed by atoms with Gasteiger partial charge in [0.15, 0.2) is 5.78 Å². The molecule has 2 aliphatic rings. The van der Waals surface area contributed by atoms with Crippen LogP contribution in [0.1, 0.15) is 51.1 Å². The number of hydrogen-bond acceptors (Lipinski definition) is 6. The van der Waals surface area contributed by atoms with Gasteiger partial charge in [-0.05, 0) is 49.3 Å². The Kier molecular flexibility index (Phi) is 7.54. The zero-order chi connectivity index (χ0) is 25.0. The topological polar surface area (TPSA) is 96.0 Å². The van der Waals surface area contributed by atoms with Crippen molar-refractivity contribution >= 4 is 35.0 Å². The Labute approximate surface area is 209 Å². The van der Waals surface area contributed by atoms with Crippen LogP contribution in [0.15, 0.2) is 42.5 Å². The standard InChI is InChI=1S/C26H31N3O5S/c1-18(30)21-8-9-22(35-21)23(31)28-13-10-26(11-14-28)12-15-29(17-26)25(33)27-20(24(32)34-2)16-19-6-4-3-5-7-19/h3-9,20H,10-17H2,1-2H3,(H,27,33)/t20-/m0/s1. The number of methoxy groups -OCH3 is 1. The van der Waals surface area contributed by atoms with Crippen molar-refractivity contribution in [3.63, 3.8) is 0 Å². The fourth-order valence-corrected chi connectivity index (χ4v) is 5.79. The average Bonchev–Trinajstić information content (AvgIpc) is 3.52. The highest BCUT2D eigenvalue weighted by Gasteiger charge is 2.43. The SMILES string of the molecule is COC(=O)[C@H](Cc1ccccc1)NC(=O)N1CCC2(CCN(C(=O)c3ccc(C(C)=O)s3)CC2)C1. The minimum Gasteiger partial charge on any atom is -0.467 e. The number of carbonyl (C=O) groups is 4. The maximum absolute atomic E-state index is 13.0. The number of piperidine rings is 1. The normalized spacial score (nSPS) is 17.8. The van der Waals surface area contributed by atoms with E-state index in [2.05, 4.69) is 5.32 Å².